The normalized spacial score (nSPS) is 14.9. The van der Waals surface area contributed by atoms with Gasteiger partial charge in [0, 0.05) is 9.80 Å². The summed E-state index contributed by atoms with van der Waals surface area (Å²) in [7, 11) is -1.64. The predicted molar refractivity (Wildman–Crippen MR) is 45.4 cm³/mol. The van der Waals surface area contributed by atoms with Gasteiger partial charge in [0.2, 0.25) is 0 Å². The van der Waals surface area contributed by atoms with Crippen LogP contribution in [0, 0.1) is 6.85 Å². The highest BCUT2D eigenvalue weighted by Crippen LogP contribution is 2.06. The van der Waals surface area contributed by atoms with Crippen molar-refractivity contribution in [2.24, 2.45) is 0 Å². The first kappa shape index (κ1) is 4.80. The van der Waals surface area contributed by atoms with Gasteiger partial charge in [-0.15, -0.1) is 0 Å². The summed E-state index contributed by atoms with van der Waals surface area (Å²) in [4.78, 5) is 0. The molecule has 0 aromatic heterocycles. The SMILES string of the molecule is [2H]C([2H])([2H])c1ccc(B(O)O)cc1N. The van der Waals surface area contributed by atoms with Crippen LogP contribution in [0.2, 0.25) is 0 Å². The van der Waals surface area contributed by atoms with Crippen LogP contribution in [0.15, 0.2) is 18.2 Å². The maximum atomic E-state index is 8.80. The molecule has 1 aromatic carbocycles. The first-order chi connectivity index (χ1) is 6.32. The van der Waals surface area contributed by atoms with Crippen molar-refractivity contribution in [2.75, 3.05) is 5.73 Å². The van der Waals surface area contributed by atoms with Gasteiger partial charge in [-0.3, -0.25) is 0 Å². The zero-order chi connectivity index (χ0) is 10.9. The van der Waals surface area contributed by atoms with Crippen molar-refractivity contribution in [3.05, 3.63) is 23.8 Å². The zero-order valence-corrected chi connectivity index (χ0v) is 5.78. The number of nitrogen functional groups attached to an aromatic ring is 1. The van der Waals surface area contributed by atoms with Gasteiger partial charge >= 0.3 is 7.12 Å². The van der Waals surface area contributed by atoms with E-state index in [-0.39, 0.29) is 16.7 Å². The van der Waals surface area contributed by atoms with Crippen molar-refractivity contribution in [3.8, 4) is 0 Å². The fourth-order valence-electron chi connectivity index (χ4n) is 0.742. The number of hydrogen-bond acceptors (Lipinski definition) is 3. The molecule has 0 saturated carbocycles. The Kier molecular flexibility index (Phi) is 1.28. The van der Waals surface area contributed by atoms with E-state index in [0.717, 1.165) is 0 Å². The molecular weight excluding hydrogens is 141 g/mol. The van der Waals surface area contributed by atoms with Gasteiger partial charge in [-0.1, -0.05) is 12.1 Å². The van der Waals surface area contributed by atoms with Gasteiger partial charge < -0.3 is 15.8 Å². The van der Waals surface area contributed by atoms with Gasteiger partial charge in [0.15, 0.2) is 0 Å². The third-order valence-corrected chi connectivity index (χ3v) is 1.37. The summed E-state index contributed by atoms with van der Waals surface area (Å²) in [6.45, 7) is -2.27. The van der Waals surface area contributed by atoms with Crippen molar-refractivity contribution in [3.63, 3.8) is 0 Å². The summed E-state index contributed by atoms with van der Waals surface area (Å²) in [6.07, 6.45) is 0. The zero-order valence-electron chi connectivity index (χ0n) is 8.78. The van der Waals surface area contributed by atoms with Crippen LogP contribution in [0.3, 0.4) is 0 Å². The van der Waals surface area contributed by atoms with E-state index < -0.39 is 14.0 Å². The average Bonchev–Trinajstić information content (AvgIpc) is 2.01. The molecule has 0 radical (unpaired) electrons. The summed E-state index contributed by atoms with van der Waals surface area (Å²) >= 11 is 0. The van der Waals surface area contributed by atoms with Crippen molar-refractivity contribution < 1.29 is 14.2 Å². The fraction of sp³-hybridized carbons (Fsp3) is 0.143. The highest BCUT2D eigenvalue weighted by atomic mass is 16.4. The number of nitrogens with two attached hydrogens (primary N) is 1. The number of benzene rings is 1. The molecule has 0 atom stereocenters. The maximum Gasteiger partial charge on any atom is 0.488 e. The lowest BCUT2D eigenvalue weighted by Crippen LogP contribution is -2.29. The fourth-order valence-corrected chi connectivity index (χ4v) is 0.742. The predicted octanol–water partition coefficient (Wildman–Crippen LogP) is -0.743. The molecule has 1 aromatic rings. The Labute approximate surface area is 69.8 Å². The number of aryl methyl sites for hydroxylation is 1. The number of anilines is 1. The molecule has 0 bridgehead atoms. The minimum Gasteiger partial charge on any atom is -0.423 e. The lowest BCUT2D eigenvalue weighted by molar-refractivity contribution is 0.426. The van der Waals surface area contributed by atoms with Crippen LogP contribution in [0.4, 0.5) is 5.69 Å². The molecule has 1 rings (SSSR count). The Morgan fingerprint density at radius 1 is 1.55 bits per heavy atom. The molecule has 3 nitrogen and oxygen atoms in total. The van der Waals surface area contributed by atoms with E-state index in [1.54, 1.807) is 0 Å². The lowest BCUT2D eigenvalue weighted by atomic mass is 9.80. The topological polar surface area (TPSA) is 66.5 Å². The van der Waals surface area contributed by atoms with E-state index >= 15 is 0 Å². The second-order valence-electron chi connectivity index (χ2n) is 2.22. The molecule has 4 heteroatoms. The van der Waals surface area contributed by atoms with Crippen molar-refractivity contribution in [2.45, 2.75) is 6.85 Å². The Bertz CT molecular complexity index is 340. The summed E-state index contributed by atoms with van der Waals surface area (Å²) in [5, 5.41) is 17.6. The Morgan fingerprint density at radius 3 is 2.73 bits per heavy atom. The molecule has 0 saturated heterocycles. The van der Waals surface area contributed by atoms with Gasteiger partial charge in [0.25, 0.3) is 0 Å². The smallest absolute Gasteiger partial charge is 0.423 e. The van der Waals surface area contributed by atoms with Crippen LogP contribution in [-0.2, 0) is 0 Å². The molecular formula is C7H10BNO2. The van der Waals surface area contributed by atoms with Gasteiger partial charge in [-0.05, 0) is 23.9 Å². The third kappa shape index (κ3) is 1.72. The standard InChI is InChI=1S/C7H10BNO2/c1-5-2-3-6(8(10)11)4-7(5)9/h2-4,10-11H,9H2,1H3/i1D3. The van der Waals surface area contributed by atoms with E-state index in [2.05, 4.69) is 0 Å². The molecule has 0 aliphatic heterocycles. The first-order valence-electron chi connectivity index (χ1n) is 4.58. The first-order valence-corrected chi connectivity index (χ1v) is 3.08. The van der Waals surface area contributed by atoms with Crippen LogP contribution in [-0.4, -0.2) is 17.2 Å². The van der Waals surface area contributed by atoms with Crippen molar-refractivity contribution >= 4 is 18.3 Å². The Morgan fingerprint density at radius 2 is 2.27 bits per heavy atom. The average molecular weight is 154 g/mol. The van der Waals surface area contributed by atoms with E-state index in [1.165, 1.54) is 18.2 Å². The summed E-state index contributed by atoms with van der Waals surface area (Å²) in [5.74, 6) is 0. The Hall–Kier alpha value is -0.995. The van der Waals surface area contributed by atoms with Gasteiger partial charge in [0.05, 0.1) is 0 Å². The molecule has 0 heterocycles. The lowest BCUT2D eigenvalue weighted by Gasteiger charge is -2.02. The minimum absolute atomic E-state index is 0.0156. The summed E-state index contributed by atoms with van der Waals surface area (Å²) in [6, 6.07) is 3.84. The van der Waals surface area contributed by atoms with Crippen LogP contribution >= 0.6 is 0 Å². The van der Waals surface area contributed by atoms with Crippen LogP contribution < -0.4 is 11.2 Å². The number of rotatable bonds is 1. The van der Waals surface area contributed by atoms with Gasteiger partial charge in [-0.25, -0.2) is 0 Å². The van der Waals surface area contributed by atoms with E-state index in [0.29, 0.717) is 0 Å². The molecule has 11 heavy (non-hydrogen) atoms. The molecule has 0 aliphatic carbocycles. The van der Waals surface area contributed by atoms with Crippen molar-refractivity contribution in [1.82, 2.24) is 0 Å². The Balaban J connectivity index is 3.15. The second-order valence-corrected chi connectivity index (χ2v) is 2.22. The van der Waals surface area contributed by atoms with Crippen LogP contribution in [0.1, 0.15) is 9.68 Å². The minimum atomic E-state index is -2.27. The van der Waals surface area contributed by atoms with E-state index in [9.17, 15) is 0 Å². The highest BCUT2D eigenvalue weighted by Gasteiger charge is 2.10. The van der Waals surface area contributed by atoms with E-state index in [1.807, 2.05) is 0 Å². The quantitative estimate of drug-likeness (QED) is 0.368. The molecule has 0 amide bonds. The number of hydrogen-bond donors (Lipinski definition) is 3. The molecule has 0 fully saturated rings. The third-order valence-electron chi connectivity index (χ3n) is 1.37. The molecule has 0 unspecified atom stereocenters. The molecule has 4 N–H and O–H groups in total. The largest absolute Gasteiger partial charge is 0.488 e. The molecule has 0 spiro atoms. The second kappa shape index (κ2) is 2.94. The van der Waals surface area contributed by atoms with Gasteiger partial charge in [-0.2, -0.15) is 0 Å². The summed E-state index contributed by atoms with van der Waals surface area (Å²) in [5.41, 5.74) is 5.69. The highest BCUT2D eigenvalue weighted by molar-refractivity contribution is 6.58. The van der Waals surface area contributed by atoms with E-state index in [4.69, 9.17) is 19.9 Å². The van der Waals surface area contributed by atoms with Crippen LogP contribution in [0.25, 0.3) is 0 Å². The maximum absolute atomic E-state index is 8.80. The monoisotopic (exact) mass is 154 g/mol. The van der Waals surface area contributed by atoms with Gasteiger partial charge in [0.1, 0.15) is 0 Å². The molecule has 58 valence electrons. The summed E-state index contributed by atoms with van der Waals surface area (Å²) < 4.78 is 21.4. The van der Waals surface area contributed by atoms with Crippen molar-refractivity contribution in [1.29, 1.82) is 0 Å². The van der Waals surface area contributed by atoms with Crippen LogP contribution in [0.5, 0.6) is 0 Å². The molecule has 0 aliphatic rings.